The van der Waals surface area contributed by atoms with Crippen molar-refractivity contribution in [2.45, 2.75) is 26.2 Å². The predicted molar refractivity (Wildman–Crippen MR) is 67.6 cm³/mol. The van der Waals surface area contributed by atoms with Crippen molar-refractivity contribution >= 4 is 16.9 Å². The molecule has 0 atom stereocenters. The van der Waals surface area contributed by atoms with Gasteiger partial charge in [-0.25, -0.2) is 0 Å². The van der Waals surface area contributed by atoms with Gasteiger partial charge in [-0.3, -0.25) is 4.79 Å². The summed E-state index contributed by atoms with van der Waals surface area (Å²) in [4.78, 5) is 11.4. The maximum absolute atomic E-state index is 11.4. The minimum atomic E-state index is -0.289. The molecule has 0 amide bonds. The number of benzene rings is 1. The van der Waals surface area contributed by atoms with E-state index in [1.54, 1.807) is 18.2 Å². The van der Waals surface area contributed by atoms with Crippen LogP contribution in [0.3, 0.4) is 0 Å². The van der Waals surface area contributed by atoms with Crippen LogP contribution in [0, 0.1) is 0 Å². The van der Waals surface area contributed by atoms with E-state index in [2.05, 4.69) is 0 Å². The van der Waals surface area contributed by atoms with Gasteiger partial charge in [0.15, 0.2) is 0 Å². The minimum absolute atomic E-state index is 0.156. The van der Waals surface area contributed by atoms with Crippen molar-refractivity contribution in [1.29, 1.82) is 0 Å². The highest BCUT2D eigenvalue weighted by molar-refractivity contribution is 5.87. The number of methoxy groups -OCH3 is 1. The Morgan fingerprint density at radius 2 is 2.22 bits per heavy atom. The quantitative estimate of drug-likeness (QED) is 0.845. The third-order valence-corrected chi connectivity index (χ3v) is 2.89. The van der Waals surface area contributed by atoms with Gasteiger partial charge in [-0.05, 0) is 18.6 Å². The number of furan rings is 1. The molecule has 0 saturated heterocycles. The second-order valence-electron chi connectivity index (χ2n) is 4.19. The SMILES string of the molecule is CCCc1oc2cc(O)ccc2c1CC(=O)OC. The molecule has 0 aliphatic rings. The number of phenols is 1. The molecular formula is C14H16O4. The van der Waals surface area contributed by atoms with Crippen molar-refractivity contribution in [1.82, 2.24) is 0 Å². The number of ether oxygens (including phenoxy) is 1. The summed E-state index contributed by atoms with van der Waals surface area (Å²) in [7, 11) is 1.37. The number of carbonyl (C=O) groups is 1. The summed E-state index contributed by atoms with van der Waals surface area (Å²) in [6.45, 7) is 2.05. The van der Waals surface area contributed by atoms with Crippen molar-refractivity contribution in [3.05, 3.63) is 29.5 Å². The van der Waals surface area contributed by atoms with Crippen molar-refractivity contribution < 1.29 is 19.1 Å². The second kappa shape index (κ2) is 5.12. The fourth-order valence-corrected chi connectivity index (χ4v) is 2.03. The monoisotopic (exact) mass is 248 g/mol. The molecule has 0 aliphatic heterocycles. The van der Waals surface area contributed by atoms with Gasteiger partial charge in [0.1, 0.15) is 17.1 Å². The summed E-state index contributed by atoms with van der Waals surface area (Å²) < 4.78 is 10.4. The van der Waals surface area contributed by atoms with Crippen LogP contribution in [0.4, 0.5) is 0 Å². The van der Waals surface area contributed by atoms with Crippen molar-refractivity contribution in [3.63, 3.8) is 0 Å². The Labute approximate surface area is 105 Å². The number of fused-ring (bicyclic) bond motifs is 1. The lowest BCUT2D eigenvalue weighted by atomic mass is 10.1. The van der Waals surface area contributed by atoms with Crippen LogP contribution in [0.2, 0.25) is 0 Å². The van der Waals surface area contributed by atoms with E-state index < -0.39 is 0 Å². The molecule has 0 aliphatic carbocycles. The average Bonchev–Trinajstić information content (AvgIpc) is 2.67. The molecule has 1 N–H and O–H groups in total. The van der Waals surface area contributed by atoms with E-state index in [0.717, 1.165) is 29.6 Å². The standard InChI is InChI=1S/C14H16O4/c1-3-4-12-11(8-14(16)17-2)10-6-5-9(15)7-13(10)18-12/h5-7,15H,3-4,8H2,1-2H3. The number of hydrogen-bond donors (Lipinski definition) is 1. The van der Waals surface area contributed by atoms with Crippen LogP contribution >= 0.6 is 0 Å². The van der Waals surface area contributed by atoms with E-state index >= 15 is 0 Å². The molecule has 2 rings (SSSR count). The molecule has 0 spiro atoms. The Balaban J connectivity index is 2.51. The highest BCUT2D eigenvalue weighted by Gasteiger charge is 2.17. The van der Waals surface area contributed by atoms with Gasteiger partial charge in [0.2, 0.25) is 0 Å². The van der Waals surface area contributed by atoms with Crippen LogP contribution in [0.5, 0.6) is 5.75 Å². The molecule has 1 aromatic carbocycles. The van der Waals surface area contributed by atoms with E-state index in [4.69, 9.17) is 9.15 Å². The maximum atomic E-state index is 11.4. The Hall–Kier alpha value is -1.97. The Morgan fingerprint density at radius 3 is 2.89 bits per heavy atom. The third-order valence-electron chi connectivity index (χ3n) is 2.89. The molecule has 18 heavy (non-hydrogen) atoms. The van der Waals surface area contributed by atoms with Gasteiger partial charge in [-0.2, -0.15) is 0 Å². The zero-order valence-electron chi connectivity index (χ0n) is 10.5. The predicted octanol–water partition coefficient (Wildman–Crippen LogP) is 2.81. The molecule has 0 bridgehead atoms. The molecule has 0 fully saturated rings. The second-order valence-corrected chi connectivity index (χ2v) is 4.19. The number of esters is 1. The van der Waals surface area contributed by atoms with Crippen molar-refractivity contribution in [2.75, 3.05) is 7.11 Å². The molecule has 0 unspecified atom stereocenters. The Morgan fingerprint density at radius 1 is 1.44 bits per heavy atom. The topological polar surface area (TPSA) is 59.7 Å². The fraction of sp³-hybridized carbons (Fsp3) is 0.357. The number of hydrogen-bond acceptors (Lipinski definition) is 4. The molecule has 4 nitrogen and oxygen atoms in total. The van der Waals surface area contributed by atoms with E-state index in [1.165, 1.54) is 7.11 Å². The van der Waals surface area contributed by atoms with Gasteiger partial charge < -0.3 is 14.3 Å². The summed E-state index contributed by atoms with van der Waals surface area (Å²) in [6, 6.07) is 4.93. The lowest BCUT2D eigenvalue weighted by Gasteiger charge is -2.00. The first-order valence-corrected chi connectivity index (χ1v) is 5.95. The van der Waals surface area contributed by atoms with Crippen LogP contribution in [0.25, 0.3) is 11.0 Å². The van der Waals surface area contributed by atoms with Crippen LogP contribution in [0.15, 0.2) is 22.6 Å². The number of rotatable bonds is 4. The first-order valence-electron chi connectivity index (χ1n) is 5.95. The van der Waals surface area contributed by atoms with E-state index in [9.17, 15) is 9.90 Å². The molecule has 4 heteroatoms. The lowest BCUT2D eigenvalue weighted by molar-refractivity contribution is -0.139. The highest BCUT2D eigenvalue weighted by atomic mass is 16.5. The first-order chi connectivity index (χ1) is 8.65. The molecule has 2 aromatic rings. The molecule has 96 valence electrons. The fourth-order valence-electron chi connectivity index (χ4n) is 2.03. The van der Waals surface area contributed by atoms with Crippen LogP contribution in [-0.2, 0) is 22.4 Å². The summed E-state index contributed by atoms with van der Waals surface area (Å²) >= 11 is 0. The summed E-state index contributed by atoms with van der Waals surface area (Å²) in [5, 5.41) is 10.3. The van der Waals surface area contributed by atoms with Crippen LogP contribution < -0.4 is 0 Å². The highest BCUT2D eigenvalue weighted by Crippen LogP contribution is 2.30. The first kappa shape index (κ1) is 12.5. The molecule has 1 heterocycles. The average molecular weight is 248 g/mol. The van der Waals surface area contributed by atoms with Gasteiger partial charge in [-0.15, -0.1) is 0 Å². The zero-order valence-corrected chi connectivity index (χ0v) is 10.5. The third kappa shape index (κ3) is 2.32. The van der Waals surface area contributed by atoms with E-state index in [1.807, 2.05) is 6.92 Å². The maximum Gasteiger partial charge on any atom is 0.310 e. The molecule has 1 aromatic heterocycles. The van der Waals surface area contributed by atoms with Gasteiger partial charge in [0.25, 0.3) is 0 Å². The molecule has 0 saturated carbocycles. The van der Waals surface area contributed by atoms with Crippen LogP contribution in [-0.4, -0.2) is 18.2 Å². The largest absolute Gasteiger partial charge is 0.508 e. The minimum Gasteiger partial charge on any atom is -0.508 e. The van der Waals surface area contributed by atoms with Gasteiger partial charge >= 0.3 is 5.97 Å². The number of aromatic hydroxyl groups is 1. The number of carbonyl (C=O) groups excluding carboxylic acids is 1. The van der Waals surface area contributed by atoms with Crippen molar-refractivity contribution in [3.8, 4) is 5.75 Å². The number of aryl methyl sites for hydroxylation is 1. The summed E-state index contributed by atoms with van der Waals surface area (Å²) in [6.07, 6.45) is 1.89. The summed E-state index contributed by atoms with van der Waals surface area (Å²) in [5.74, 6) is 0.663. The Bertz CT molecular complexity index is 568. The smallest absolute Gasteiger partial charge is 0.310 e. The van der Waals surface area contributed by atoms with Gasteiger partial charge in [0, 0.05) is 23.4 Å². The van der Waals surface area contributed by atoms with Gasteiger partial charge in [-0.1, -0.05) is 6.92 Å². The lowest BCUT2D eigenvalue weighted by Crippen LogP contribution is -2.05. The van der Waals surface area contributed by atoms with E-state index in [-0.39, 0.29) is 18.1 Å². The molecule has 0 radical (unpaired) electrons. The normalized spacial score (nSPS) is 10.8. The molecular weight excluding hydrogens is 232 g/mol. The van der Waals surface area contributed by atoms with E-state index in [0.29, 0.717) is 5.58 Å². The number of phenolic OH excluding ortho intramolecular Hbond substituents is 1. The van der Waals surface area contributed by atoms with Gasteiger partial charge in [0.05, 0.1) is 13.5 Å². The zero-order chi connectivity index (χ0) is 13.1. The summed E-state index contributed by atoms with van der Waals surface area (Å²) in [5.41, 5.74) is 1.47. The van der Waals surface area contributed by atoms with Crippen molar-refractivity contribution in [2.24, 2.45) is 0 Å². The van der Waals surface area contributed by atoms with Crippen LogP contribution in [0.1, 0.15) is 24.7 Å². The Kier molecular flexibility index (Phi) is 3.55.